The van der Waals surface area contributed by atoms with E-state index in [2.05, 4.69) is 10.3 Å². The number of methoxy groups -OCH3 is 1. The molecule has 1 aromatic heterocycles. The third-order valence-electron chi connectivity index (χ3n) is 2.81. The number of H-pyrrole nitrogens is 1. The van der Waals surface area contributed by atoms with E-state index in [9.17, 15) is 9.59 Å². The van der Waals surface area contributed by atoms with Gasteiger partial charge < -0.3 is 15.0 Å². The van der Waals surface area contributed by atoms with Gasteiger partial charge >= 0.3 is 0 Å². The molecule has 0 radical (unpaired) electrons. The van der Waals surface area contributed by atoms with Crippen LogP contribution in [0, 0.1) is 13.8 Å². The molecule has 5 heteroatoms. The van der Waals surface area contributed by atoms with Crippen LogP contribution in [0.2, 0.25) is 0 Å². The number of hydrogen-bond donors (Lipinski definition) is 2. The summed E-state index contributed by atoms with van der Waals surface area (Å²) in [6.45, 7) is 7.37. The third kappa shape index (κ3) is 2.98. The van der Waals surface area contributed by atoms with E-state index in [1.54, 1.807) is 21.0 Å². The molecule has 0 spiro atoms. The van der Waals surface area contributed by atoms with Crippen LogP contribution >= 0.6 is 0 Å². The van der Waals surface area contributed by atoms with Crippen LogP contribution in [0.3, 0.4) is 0 Å². The minimum Gasteiger partial charge on any atom is -0.383 e. The molecule has 0 saturated heterocycles. The van der Waals surface area contributed by atoms with E-state index in [0.717, 1.165) is 5.69 Å². The number of rotatable bonds is 5. The predicted octanol–water partition coefficient (Wildman–Crippen LogP) is 1.60. The number of carbonyl (C=O) groups is 2. The molecular weight excluding hydrogens is 232 g/mol. The van der Waals surface area contributed by atoms with E-state index in [4.69, 9.17) is 4.74 Å². The summed E-state index contributed by atoms with van der Waals surface area (Å²) in [7, 11) is 1.58. The summed E-state index contributed by atoms with van der Waals surface area (Å²) < 4.78 is 4.96. The Bertz CT molecular complexity index is 463. The average Bonchev–Trinajstić information content (AvgIpc) is 2.54. The topological polar surface area (TPSA) is 71.2 Å². The fourth-order valence-corrected chi connectivity index (χ4v) is 2.09. The molecule has 2 N–H and O–H groups in total. The average molecular weight is 252 g/mol. The number of nitrogens with one attached hydrogen (secondary N) is 2. The lowest BCUT2D eigenvalue weighted by atomic mass is 10.1. The smallest absolute Gasteiger partial charge is 0.268 e. The van der Waals surface area contributed by atoms with Crippen molar-refractivity contribution in [3.05, 3.63) is 22.5 Å². The minimum atomic E-state index is -0.215. The van der Waals surface area contributed by atoms with Crippen molar-refractivity contribution < 1.29 is 14.3 Å². The van der Waals surface area contributed by atoms with Gasteiger partial charge in [0.05, 0.1) is 6.61 Å². The number of carbonyl (C=O) groups excluding carboxylic acids is 2. The van der Waals surface area contributed by atoms with E-state index in [1.165, 1.54) is 6.92 Å². The maximum atomic E-state index is 12.0. The highest BCUT2D eigenvalue weighted by Crippen LogP contribution is 2.18. The standard InChI is InChI=1S/C13H20N2O3/c1-7(6-18-5)14-13(17)12-8(2)11(10(4)16)9(3)15-12/h7,15H,6H2,1-5H3,(H,14,17)/t7-/m0/s1. The van der Waals surface area contributed by atoms with Crippen LogP contribution in [0.25, 0.3) is 0 Å². The summed E-state index contributed by atoms with van der Waals surface area (Å²) in [5.41, 5.74) is 2.46. The molecule has 1 atom stereocenters. The van der Waals surface area contributed by atoms with Gasteiger partial charge in [-0.1, -0.05) is 0 Å². The number of aromatic amines is 1. The number of hydrogen-bond acceptors (Lipinski definition) is 3. The Balaban J connectivity index is 2.94. The molecule has 0 aliphatic heterocycles. The molecule has 0 saturated carbocycles. The van der Waals surface area contributed by atoms with Crippen LogP contribution in [0.5, 0.6) is 0 Å². The minimum absolute atomic E-state index is 0.0368. The largest absolute Gasteiger partial charge is 0.383 e. The van der Waals surface area contributed by atoms with Gasteiger partial charge in [0.15, 0.2) is 5.78 Å². The van der Waals surface area contributed by atoms with Crippen molar-refractivity contribution in [3.8, 4) is 0 Å². The zero-order valence-corrected chi connectivity index (χ0v) is 11.5. The number of ether oxygens (including phenoxy) is 1. The molecule has 100 valence electrons. The number of ketones is 1. The number of aromatic nitrogens is 1. The summed E-state index contributed by atoms with van der Waals surface area (Å²) in [5.74, 6) is -0.252. The van der Waals surface area contributed by atoms with Crippen molar-refractivity contribution in [2.24, 2.45) is 0 Å². The summed E-state index contributed by atoms with van der Waals surface area (Å²) >= 11 is 0. The van der Waals surface area contributed by atoms with Gasteiger partial charge in [-0.15, -0.1) is 0 Å². The molecule has 0 bridgehead atoms. The van der Waals surface area contributed by atoms with Gasteiger partial charge in [-0.2, -0.15) is 0 Å². The van der Waals surface area contributed by atoms with Crippen LogP contribution in [-0.4, -0.2) is 36.4 Å². The lowest BCUT2D eigenvalue weighted by molar-refractivity contribution is 0.0900. The highest BCUT2D eigenvalue weighted by molar-refractivity contribution is 6.02. The lowest BCUT2D eigenvalue weighted by Gasteiger charge is -2.12. The molecule has 1 aromatic rings. The van der Waals surface area contributed by atoms with Crippen molar-refractivity contribution in [1.29, 1.82) is 0 Å². The normalized spacial score (nSPS) is 12.3. The number of aryl methyl sites for hydroxylation is 1. The van der Waals surface area contributed by atoms with Crippen LogP contribution < -0.4 is 5.32 Å². The van der Waals surface area contributed by atoms with Crippen LogP contribution in [0.4, 0.5) is 0 Å². The molecule has 1 heterocycles. The Kier molecular flexibility index (Phi) is 4.67. The molecule has 0 aromatic carbocycles. The highest BCUT2D eigenvalue weighted by Gasteiger charge is 2.20. The van der Waals surface area contributed by atoms with Gasteiger partial charge in [0.1, 0.15) is 5.69 Å². The van der Waals surface area contributed by atoms with E-state index in [0.29, 0.717) is 23.4 Å². The first kappa shape index (κ1) is 14.4. The zero-order valence-electron chi connectivity index (χ0n) is 11.5. The van der Waals surface area contributed by atoms with Gasteiger partial charge in [-0.3, -0.25) is 9.59 Å². The molecule has 1 rings (SSSR count). The van der Waals surface area contributed by atoms with Gasteiger partial charge in [0, 0.05) is 24.4 Å². The second-order valence-corrected chi connectivity index (χ2v) is 4.51. The van der Waals surface area contributed by atoms with Gasteiger partial charge in [0.25, 0.3) is 5.91 Å². The van der Waals surface area contributed by atoms with Crippen LogP contribution in [0.15, 0.2) is 0 Å². The monoisotopic (exact) mass is 252 g/mol. The fourth-order valence-electron chi connectivity index (χ4n) is 2.09. The van der Waals surface area contributed by atoms with Gasteiger partial charge in [0.2, 0.25) is 0 Å². The molecular formula is C13H20N2O3. The summed E-state index contributed by atoms with van der Waals surface area (Å²) in [5, 5.41) is 2.81. The van der Waals surface area contributed by atoms with Crippen molar-refractivity contribution in [1.82, 2.24) is 10.3 Å². The SMILES string of the molecule is COC[C@H](C)NC(=O)c1[nH]c(C)c(C(C)=O)c1C. The van der Waals surface area contributed by atoms with Crippen molar-refractivity contribution in [2.75, 3.05) is 13.7 Å². The molecule has 5 nitrogen and oxygen atoms in total. The molecule has 0 aliphatic carbocycles. The van der Waals surface area contributed by atoms with E-state index >= 15 is 0 Å². The Morgan fingerprint density at radius 1 is 1.39 bits per heavy atom. The summed E-state index contributed by atoms with van der Waals surface area (Å²) in [4.78, 5) is 26.5. The molecule has 18 heavy (non-hydrogen) atoms. The first-order chi connectivity index (χ1) is 8.38. The van der Waals surface area contributed by atoms with Gasteiger partial charge in [-0.25, -0.2) is 0 Å². The lowest BCUT2D eigenvalue weighted by Crippen LogP contribution is -2.36. The number of Topliss-reactive ketones (excluding diaryl/α,β-unsaturated/α-hetero) is 1. The Labute approximate surface area is 107 Å². The van der Waals surface area contributed by atoms with Crippen molar-refractivity contribution in [3.63, 3.8) is 0 Å². The molecule has 0 unspecified atom stereocenters. The predicted molar refractivity (Wildman–Crippen MR) is 69.1 cm³/mol. The van der Waals surface area contributed by atoms with E-state index < -0.39 is 0 Å². The molecule has 0 fully saturated rings. The first-order valence-electron chi connectivity index (χ1n) is 5.88. The zero-order chi connectivity index (χ0) is 13.9. The van der Waals surface area contributed by atoms with E-state index in [1.807, 2.05) is 6.92 Å². The van der Waals surface area contributed by atoms with Crippen molar-refractivity contribution in [2.45, 2.75) is 33.7 Å². The van der Waals surface area contributed by atoms with Crippen LogP contribution in [0.1, 0.15) is 46.0 Å². The Morgan fingerprint density at radius 2 is 2.00 bits per heavy atom. The maximum Gasteiger partial charge on any atom is 0.268 e. The second-order valence-electron chi connectivity index (χ2n) is 4.51. The summed E-state index contributed by atoms with van der Waals surface area (Å²) in [6.07, 6.45) is 0. The quantitative estimate of drug-likeness (QED) is 0.782. The second kappa shape index (κ2) is 5.82. The van der Waals surface area contributed by atoms with Crippen LogP contribution in [-0.2, 0) is 4.74 Å². The van der Waals surface area contributed by atoms with Gasteiger partial charge in [-0.05, 0) is 33.3 Å². The first-order valence-corrected chi connectivity index (χ1v) is 5.88. The molecule has 0 aliphatic rings. The number of amides is 1. The van der Waals surface area contributed by atoms with E-state index in [-0.39, 0.29) is 17.7 Å². The Morgan fingerprint density at radius 3 is 2.44 bits per heavy atom. The maximum absolute atomic E-state index is 12.0. The Hall–Kier alpha value is -1.62. The summed E-state index contributed by atoms with van der Waals surface area (Å²) in [6, 6.07) is -0.0775. The fraction of sp³-hybridized carbons (Fsp3) is 0.538. The highest BCUT2D eigenvalue weighted by atomic mass is 16.5. The van der Waals surface area contributed by atoms with Crippen molar-refractivity contribution >= 4 is 11.7 Å². The third-order valence-corrected chi connectivity index (χ3v) is 2.81. The molecule has 1 amide bonds.